The van der Waals surface area contributed by atoms with E-state index in [4.69, 9.17) is 11.6 Å². The Morgan fingerprint density at radius 3 is 2.55 bits per heavy atom. The Kier molecular flexibility index (Phi) is 7.15. The molecule has 0 radical (unpaired) electrons. The Morgan fingerprint density at radius 1 is 1.15 bits per heavy atom. The van der Waals surface area contributed by atoms with Crippen molar-refractivity contribution in [3.63, 3.8) is 0 Å². The molecule has 33 heavy (non-hydrogen) atoms. The molecule has 0 N–H and O–H groups in total. The maximum absolute atomic E-state index is 14.5. The van der Waals surface area contributed by atoms with Crippen molar-refractivity contribution in [2.24, 2.45) is 5.92 Å². The standard InChI is InChI=1S/C26H31ClFN3O2/c1-16-14-30(6-7-31(16)26(33)8-19-4-5-19)15-22-10-23(28)9-20(17(22)2)12-25(32)21-11-24(27)18(3)29-13-21/h9-11,13,16,19H,4-8,12,14-15H2,1-3H3/t16-/m0/s1. The minimum absolute atomic E-state index is 0.0948. The molecule has 4 rings (SSSR count). The lowest BCUT2D eigenvalue weighted by Crippen LogP contribution is -2.53. The lowest BCUT2D eigenvalue weighted by atomic mass is 9.95. The maximum atomic E-state index is 14.5. The Labute approximate surface area is 199 Å². The van der Waals surface area contributed by atoms with Crippen LogP contribution >= 0.6 is 11.6 Å². The molecule has 2 fully saturated rings. The van der Waals surface area contributed by atoms with Crippen molar-refractivity contribution in [1.29, 1.82) is 0 Å². The number of rotatable bonds is 7. The predicted molar refractivity (Wildman–Crippen MR) is 127 cm³/mol. The summed E-state index contributed by atoms with van der Waals surface area (Å²) in [6.45, 7) is 8.62. The number of amides is 1. The van der Waals surface area contributed by atoms with E-state index in [-0.39, 0.29) is 30.0 Å². The number of piperazine rings is 1. The molecule has 1 saturated heterocycles. The van der Waals surface area contributed by atoms with Crippen LogP contribution in [0.2, 0.25) is 5.02 Å². The summed E-state index contributed by atoms with van der Waals surface area (Å²) in [4.78, 5) is 33.8. The predicted octanol–water partition coefficient (Wildman–Crippen LogP) is 4.75. The third-order valence-corrected chi connectivity index (χ3v) is 7.25. The van der Waals surface area contributed by atoms with Crippen LogP contribution in [-0.2, 0) is 17.8 Å². The van der Waals surface area contributed by atoms with Crippen LogP contribution in [0.1, 0.15) is 58.9 Å². The second-order valence-corrected chi connectivity index (χ2v) is 9.97. The monoisotopic (exact) mass is 471 g/mol. The van der Waals surface area contributed by atoms with Gasteiger partial charge in [-0.15, -0.1) is 0 Å². The van der Waals surface area contributed by atoms with Crippen molar-refractivity contribution in [2.45, 2.75) is 59.0 Å². The van der Waals surface area contributed by atoms with E-state index in [0.29, 0.717) is 47.3 Å². The lowest BCUT2D eigenvalue weighted by Gasteiger charge is -2.40. The molecule has 2 aromatic rings. The molecule has 1 aromatic carbocycles. The van der Waals surface area contributed by atoms with E-state index >= 15 is 0 Å². The molecule has 176 valence electrons. The maximum Gasteiger partial charge on any atom is 0.223 e. The average molecular weight is 472 g/mol. The molecule has 2 heterocycles. The molecule has 1 amide bonds. The fraction of sp³-hybridized carbons (Fsp3) is 0.500. The molecule has 5 nitrogen and oxygen atoms in total. The quantitative estimate of drug-likeness (QED) is 0.547. The molecule has 1 aliphatic heterocycles. The van der Waals surface area contributed by atoms with Crippen LogP contribution in [0, 0.1) is 25.6 Å². The van der Waals surface area contributed by atoms with Gasteiger partial charge in [0.05, 0.1) is 10.7 Å². The van der Waals surface area contributed by atoms with Crippen LogP contribution in [0.5, 0.6) is 0 Å². The Hall–Kier alpha value is -2.31. The number of ketones is 1. The number of Topliss-reactive ketones (excluding diaryl/α,β-unsaturated/α-hetero) is 1. The van der Waals surface area contributed by atoms with Gasteiger partial charge in [-0.25, -0.2) is 4.39 Å². The molecule has 1 saturated carbocycles. The highest BCUT2D eigenvalue weighted by atomic mass is 35.5. The minimum atomic E-state index is -0.343. The number of carbonyl (C=O) groups excluding carboxylic acids is 2. The van der Waals surface area contributed by atoms with Crippen molar-refractivity contribution in [2.75, 3.05) is 19.6 Å². The number of nitrogens with zero attached hydrogens (tertiary/aromatic N) is 3. The molecule has 0 spiro atoms. The molecular formula is C26H31ClFN3O2. The zero-order chi connectivity index (χ0) is 23.7. The highest BCUT2D eigenvalue weighted by molar-refractivity contribution is 6.31. The number of hydrogen-bond donors (Lipinski definition) is 0. The van der Waals surface area contributed by atoms with Gasteiger partial charge in [0.15, 0.2) is 5.78 Å². The molecule has 2 aliphatic rings. The molecule has 0 unspecified atom stereocenters. The van der Waals surface area contributed by atoms with Crippen LogP contribution < -0.4 is 0 Å². The molecule has 7 heteroatoms. The van der Waals surface area contributed by atoms with Crippen molar-refractivity contribution in [3.05, 3.63) is 63.2 Å². The number of hydrogen-bond acceptors (Lipinski definition) is 4. The van der Waals surface area contributed by atoms with Crippen LogP contribution in [0.4, 0.5) is 4.39 Å². The first-order valence-electron chi connectivity index (χ1n) is 11.7. The van der Waals surface area contributed by atoms with Gasteiger partial charge in [-0.05, 0) is 74.4 Å². The number of benzene rings is 1. The van der Waals surface area contributed by atoms with Gasteiger partial charge in [0, 0.05) is 56.8 Å². The normalized spacial score (nSPS) is 19.1. The zero-order valence-corrected chi connectivity index (χ0v) is 20.3. The number of halogens is 2. The second-order valence-electron chi connectivity index (χ2n) is 9.56. The third kappa shape index (κ3) is 5.79. The summed E-state index contributed by atoms with van der Waals surface area (Å²) < 4.78 is 14.5. The van der Waals surface area contributed by atoms with E-state index in [2.05, 4.69) is 16.8 Å². The summed E-state index contributed by atoms with van der Waals surface area (Å²) in [7, 11) is 0. The smallest absolute Gasteiger partial charge is 0.223 e. The van der Waals surface area contributed by atoms with Crippen molar-refractivity contribution < 1.29 is 14.0 Å². The van der Waals surface area contributed by atoms with Crippen LogP contribution in [0.15, 0.2) is 24.4 Å². The summed E-state index contributed by atoms with van der Waals surface area (Å²) in [6, 6.07) is 4.76. The Bertz CT molecular complexity index is 1070. The first-order valence-corrected chi connectivity index (χ1v) is 12.0. The molecule has 1 aliphatic carbocycles. The van der Waals surface area contributed by atoms with Gasteiger partial charge in [-0.2, -0.15) is 0 Å². The highest BCUT2D eigenvalue weighted by Crippen LogP contribution is 2.33. The summed E-state index contributed by atoms with van der Waals surface area (Å²) in [5, 5.41) is 0.446. The van der Waals surface area contributed by atoms with Gasteiger partial charge in [-0.3, -0.25) is 19.5 Å². The number of carbonyl (C=O) groups is 2. The SMILES string of the molecule is Cc1ncc(C(=O)Cc2cc(F)cc(CN3CCN(C(=O)CC4CC4)[C@@H](C)C3)c2C)cc1Cl. The van der Waals surface area contributed by atoms with Gasteiger partial charge < -0.3 is 4.90 Å². The van der Waals surface area contributed by atoms with E-state index in [1.54, 1.807) is 19.1 Å². The largest absolute Gasteiger partial charge is 0.337 e. The Morgan fingerprint density at radius 2 is 1.88 bits per heavy atom. The number of aromatic nitrogens is 1. The fourth-order valence-electron chi connectivity index (χ4n) is 4.55. The fourth-order valence-corrected chi connectivity index (χ4v) is 4.72. The number of aryl methyl sites for hydroxylation is 1. The van der Waals surface area contributed by atoms with Crippen LogP contribution in [0.3, 0.4) is 0 Å². The summed E-state index contributed by atoms with van der Waals surface area (Å²) in [5.41, 5.74) is 3.58. The summed E-state index contributed by atoms with van der Waals surface area (Å²) in [6.07, 6.45) is 4.64. The van der Waals surface area contributed by atoms with Gasteiger partial charge >= 0.3 is 0 Å². The van der Waals surface area contributed by atoms with E-state index < -0.39 is 0 Å². The van der Waals surface area contributed by atoms with Crippen LogP contribution in [-0.4, -0.2) is 52.2 Å². The lowest BCUT2D eigenvalue weighted by molar-refractivity contribution is -0.136. The minimum Gasteiger partial charge on any atom is -0.337 e. The third-order valence-electron chi connectivity index (χ3n) is 6.87. The first-order chi connectivity index (χ1) is 15.7. The molecule has 1 aromatic heterocycles. The first kappa shape index (κ1) is 23.8. The van der Waals surface area contributed by atoms with Crippen LogP contribution in [0.25, 0.3) is 0 Å². The summed E-state index contributed by atoms with van der Waals surface area (Å²) >= 11 is 6.12. The highest BCUT2D eigenvalue weighted by Gasteiger charge is 2.32. The van der Waals surface area contributed by atoms with Crippen molar-refractivity contribution >= 4 is 23.3 Å². The summed E-state index contributed by atoms with van der Waals surface area (Å²) in [5.74, 6) is 0.369. The van der Waals surface area contributed by atoms with Gasteiger partial charge in [0.2, 0.25) is 5.91 Å². The topological polar surface area (TPSA) is 53.5 Å². The zero-order valence-electron chi connectivity index (χ0n) is 19.5. The molecule has 1 atom stereocenters. The second kappa shape index (κ2) is 9.90. The van der Waals surface area contributed by atoms with E-state index in [0.717, 1.165) is 24.2 Å². The van der Waals surface area contributed by atoms with Gasteiger partial charge in [0.25, 0.3) is 0 Å². The van der Waals surface area contributed by atoms with Crippen molar-refractivity contribution in [3.8, 4) is 0 Å². The number of pyridine rings is 1. The van der Waals surface area contributed by atoms with E-state index in [1.165, 1.54) is 25.1 Å². The van der Waals surface area contributed by atoms with E-state index in [1.807, 2.05) is 11.8 Å². The van der Waals surface area contributed by atoms with Crippen molar-refractivity contribution in [1.82, 2.24) is 14.8 Å². The molecular weight excluding hydrogens is 441 g/mol. The average Bonchev–Trinajstić information content (AvgIpc) is 3.57. The van der Waals surface area contributed by atoms with E-state index in [9.17, 15) is 14.0 Å². The van der Waals surface area contributed by atoms with Gasteiger partial charge in [-0.1, -0.05) is 11.6 Å². The van der Waals surface area contributed by atoms with Gasteiger partial charge in [0.1, 0.15) is 5.82 Å². The Balaban J connectivity index is 1.43. The molecule has 0 bridgehead atoms.